The Bertz CT molecular complexity index is 1470. The molecule has 1 amide bonds. The van der Waals surface area contributed by atoms with Crippen molar-refractivity contribution < 1.29 is 50.1 Å². The molecule has 1 aromatic heterocycles. The summed E-state index contributed by atoms with van der Waals surface area (Å²) >= 11 is 0. The number of amides is 1. The van der Waals surface area contributed by atoms with Crippen LogP contribution >= 0.6 is 0 Å². The molecule has 0 saturated heterocycles. The van der Waals surface area contributed by atoms with E-state index in [1.807, 2.05) is 44.9 Å². The van der Waals surface area contributed by atoms with Crippen LogP contribution in [0.1, 0.15) is 37.5 Å². The van der Waals surface area contributed by atoms with E-state index >= 15 is 0 Å². The number of aliphatic hydroxyl groups is 1. The molecule has 0 aliphatic heterocycles. The summed E-state index contributed by atoms with van der Waals surface area (Å²) in [5.74, 6) is -1.53. The second-order valence-corrected chi connectivity index (χ2v) is 11.8. The zero-order valence-electron chi connectivity index (χ0n) is 27.9. The highest BCUT2D eigenvalue weighted by molar-refractivity contribution is 6.01. The molecule has 3 rings (SSSR count). The van der Waals surface area contributed by atoms with Crippen LogP contribution < -0.4 is 14.4 Å². The number of aliphatic hydroxyl groups excluding tert-OH is 1. The summed E-state index contributed by atoms with van der Waals surface area (Å²) in [6.07, 6.45) is -9.01. The van der Waals surface area contributed by atoms with E-state index < -0.39 is 46.2 Å². The molecule has 1 atom stereocenters. The van der Waals surface area contributed by atoms with Gasteiger partial charge in [0.2, 0.25) is 11.8 Å². The molecule has 0 fully saturated rings. The maximum atomic E-state index is 13.6. The van der Waals surface area contributed by atoms with Crippen molar-refractivity contribution in [2.75, 3.05) is 59.9 Å². The van der Waals surface area contributed by atoms with E-state index in [0.717, 1.165) is 23.2 Å². The number of alkyl halides is 6. The van der Waals surface area contributed by atoms with Crippen LogP contribution in [0.4, 0.5) is 36.4 Å². The molecule has 2 aromatic carbocycles. The maximum Gasteiger partial charge on any atom is 0.416 e. The van der Waals surface area contributed by atoms with Gasteiger partial charge in [-0.3, -0.25) is 4.79 Å². The summed E-state index contributed by atoms with van der Waals surface area (Å²) in [6, 6.07) is 6.00. The average molecular weight is 692 g/mol. The number of benzene rings is 2. The molecule has 48 heavy (non-hydrogen) atoms. The van der Waals surface area contributed by atoms with E-state index in [4.69, 9.17) is 14.6 Å². The molecular weight excluding hydrogens is 651 g/mol. The number of halogens is 7. The highest BCUT2D eigenvalue weighted by Crippen LogP contribution is 2.40. The van der Waals surface area contributed by atoms with E-state index in [0.29, 0.717) is 24.7 Å². The lowest BCUT2D eigenvalue weighted by Crippen LogP contribution is -2.42. The van der Waals surface area contributed by atoms with E-state index in [1.54, 1.807) is 0 Å². The molecule has 0 aliphatic carbocycles. The first-order valence-corrected chi connectivity index (χ1v) is 14.5. The summed E-state index contributed by atoms with van der Waals surface area (Å²) in [7, 11) is 8.77. The number of likely N-dealkylation sites (N-methyl/N-ethyl adjacent to an activating group) is 3. The van der Waals surface area contributed by atoms with Gasteiger partial charge in [0, 0.05) is 19.6 Å². The standard InChI is InChI=1S/C27H27F7N4O3.C5H13NO/c1-25(2,16-12-17(26(29,30)31)14-18(13-16)27(32,33)34)23(39)38(5)21-15-35-24(40-11-10-37(3)4)36-22(21)41-20-8-6-19(28)7-9-20;1-5(4-7)6(2)3/h6-9,12-15H,10-11H2,1-5H3;5,7H,4H2,1-3H3. The third-order valence-electron chi connectivity index (χ3n) is 7.17. The van der Waals surface area contributed by atoms with Gasteiger partial charge in [-0.05, 0) is 97.0 Å². The molecule has 3 aromatic rings. The minimum absolute atomic E-state index is 0.00865. The van der Waals surface area contributed by atoms with Gasteiger partial charge in [0.25, 0.3) is 0 Å². The number of anilines is 1. The second kappa shape index (κ2) is 16.4. The summed E-state index contributed by atoms with van der Waals surface area (Å²) in [5.41, 5.74) is -5.57. The van der Waals surface area contributed by atoms with Crippen molar-refractivity contribution in [1.29, 1.82) is 0 Å². The maximum absolute atomic E-state index is 13.6. The third-order valence-corrected chi connectivity index (χ3v) is 7.17. The number of hydrogen-bond donors (Lipinski definition) is 1. The minimum Gasteiger partial charge on any atom is -0.462 e. The van der Waals surface area contributed by atoms with Gasteiger partial charge in [-0.1, -0.05) is 0 Å². The van der Waals surface area contributed by atoms with Crippen molar-refractivity contribution in [2.24, 2.45) is 0 Å². The number of ether oxygens (including phenoxy) is 2. The van der Waals surface area contributed by atoms with E-state index in [2.05, 4.69) is 9.97 Å². The number of carbonyl (C=O) groups excluding carboxylic acids is 1. The first-order valence-electron chi connectivity index (χ1n) is 14.5. The molecule has 1 heterocycles. The van der Waals surface area contributed by atoms with Crippen LogP contribution in [0.5, 0.6) is 17.6 Å². The monoisotopic (exact) mass is 691 g/mol. The Morgan fingerprint density at radius 3 is 1.85 bits per heavy atom. The van der Waals surface area contributed by atoms with Gasteiger partial charge in [0.15, 0.2) is 0 Å². The molecular formula is C32H40F7N5O4. The minimum atomic E-state index is -5.09. The van der Waals surface area contributed by atoms with Crippen molar-refractivity contribution in [3.63, 3.8) is 0 Å². The fourth-order valence-corrected chi connectivity index (χ4v) is 3.78. The predicted octanol–water partition coefficient (Wildman–Crippen LogP) is 6.26. The average Bonchev–Trinajstić information content (AvgIpc) is 3.00. The van der Waals surface area contributed by atoms with Gasteiger partial charge in [-0.15, -0.1) is 0 Å². The molecule has 16 heteroatoms. The third kappa shape index (κ3) is 11.3. The highest BCUT2D eigenvalue weighted by Gasteiger charge is 2.41. The first-order chi connectivity index (χ1) is 22.1. The highest BCUT2D eigenvalue weighted by atomic mass is 19.4. The Labute approximate surface area is 274 Å². The second-order valence-electron chi connectivity index (χ2n) is 11.8. The Hall–Kier alpha value is -4.02. The zero-order valence-corrected chi connectivity index (χ0v) is 27.9. The largest absolute Gasteiger partial charge is 0.462 e. The topological polar surface area (TPSA) is 91.3 Å². The Kier molecular flexibility index (Phi) is 13.7. The van der Waals surface area contributed by atoms with Crippen LogP contribution in [0, 0.1) is 5.82 Å². The van der Waals surface area contributed by atoms with Crippen molar-refractivity contribution in [1.82, 2.24) is 19.8 Å². The van der Waals surface area contributed by atoms with E-state index in [1.165, 1.54) is 33.0 Å². The molecule has 1 N–H and O–H groups in total. The molecule has 0 radical (unpaired) electrons. The van der Waals surface area contributed by atoms with Crippen molar-refractivity contribution in [2.45, 2.75) is 44.6 Å². The Morgan fingerprint density at radius 1 is 0.896 bits per heavy atom. The fraction of sp³-hybridized carbons (Fsp3) is 0.469. The van der Waals surface area contributed by atoms with Gasteiger partial charge in [0.05, 0.1) is 29.3 Å². The summed E-state index contributed by atoms with van der Waals surface area (Å²) < 4.78 is 105. The van der Waals surface area contributed by atoms with Crippen LogP contribution in [0.2, 0.25) is 0 Å². The van der Waals surface area contributed by atoms with Gasteiger partial charge in [0.1, 0.15) is 23.9 Å². The fourth-order valence-electron chi connectivity index (χ4n) is 3.78. The van der Waals surface area contributed by atoms with E-state index in [-0.39, 0.29) is 42.6 Å². The summed E-state index contributed by atoms with van der Waals surface area (Å²) in [4.78, 5) is 26.6. The molecule has 0 aliphatic rings. The molecule has 0 spiro atoms. The lowest BCUT2D eigenvalue weighted by atomic mass is 9.81. The summed E-state index contributed by atoms with van der Waals surface area (Å²) in [6.45, 7) is 5.32. The van der Waals surface area contributed by atoms with Gasteiger partial charge in [-0.25, -0.2) is 9.37 Å². The van der Waals surface area contributed by atoms with Crippen LogP contribution in [0.15, 0.2) is 48.7 Å². The molecule has 0 bridgehead atoms. The number of nitrogens with zero attached hydrogens (tertiary/aromatic N) is 5. The van der Waals surface area contributed by atoms with Crippen molar-refractivity contribution >= 4 is 11.6 Å². The van der Waals surface area contributed by atoms with Crippen molar-refractivity contribution in [3.05, 3.63) is 71.2 Å². The normalized spacial score (nSPS) is 12.8. The quantitative estimate of drug-likeness (QED) is 0.236. The van der Waals surface area contributed by atoms with Gasteiger partial charge >= 0.3 is 18.4 Å². The number of aromatic nitrogens is 2. The molecule has 266 valence electrons. The van der Waals surface area contributed by atoms with Crippen LogP contribution in [-0.4, -0.2) is 91.8 Å². The van der Waals surface area contributed by atoms with Crippen LogP contribution in [-0.2, 0) is 22.6 Å². The Morgan fingerprint density at radius 2 is 1.42 bits per heavy atom. The SMILES string of the molecule is CC(CO)N(C)C.CN(C)CCOc1ncc(N(C)C(=O)C(C)(C)c2cc(C(F)(F)F)cc(C(F)(F)F)c2)c(Oc2ccc(F)cc2)n1. The zero-order chi connectivity index (χ0) is 36.6. The number of hydrogen-bond acceptors (Lipinski definition) is 8. The van der Waals surface area contributed by atoms with Crippen LogP contribution in [0.3, 0.4) is 0 Å². The van der Waals surface area contributed by atoms with E-state index in [9.17, 15) is 35.5 Å². The summed E-state index contributed by atoms with van der Waals surface area (Å²) in [5, 5.41) is 8.46. The number of carbonyl (C=O) groups is 1. The number of rotatable bonds is 11. The van der Waals surface area contributed by atoms with Crippen molar-refractivity contribution in [3.8, 4) is 17.6 Å². The molecule has 1 unspecified atom stereocenters. The predicted molar refractivity (Wildman–Crippen MR) is 166 cm³/mol. The van der Waals surface area contributed by atoms with Gasteiger partial charge < -0.3 is 29.3 Å². The first kappa shape index (κ1) is 40.2. The van der Waals surface area contributed by atoms with Crippen LogP contribution in [0.25, 0.3) is 0 Å². The van der Waals surface area contributed by atoms with Gasteiger partial charge in [-0.2, -0.15) is 31.3 Å². The lowest BCUT2D eigenvalue weighted by Gasteiger charge is -2.31. The lowest BCUT2D eigenvalue weighted by molar-refractivity contribution is -0.143. The molecule has 0 saturated carbocycles. The Balaban J connectivity index is 0.00000103. The molecule has 9 nitrogen and oxygen atoms in total. The smallest absolute Gasteiger partial charge is 0.416 e.